The number of nitrogens with one attached hydrogen (secondary N) is 1. The molecule has 0 radical (unpaired) electrons. The standard InChI is InChI=1S/C32H25N5O3S4/c1-18-12-19(2)30(20(3)13-18)36-29(38)17-41-31-34-24-10-9-22(15-28(24)44-31)33-16-21-8-11-27(25(14-21)37(39)40)43-32-35-23-6-4-5-7-26(23)42-32/h4-16H,17H2,1-3H3,(H,36,38). The normalized spacial score (nSPS) is 11.5. The van der Waals surface area contributed by atoms with Crippen molar-refractivity contribution in [3.63, 3.8) is 0 Å². The van der Waals surface area contributed by atoms with Gasteiger partial charge in [0.15, 0.2) is 8.68 Å². The van der Waals surface area contributed by atoms with Crippen LogP contribution in [0.25, 0.3) is 20.4 Å². The van der Waals surface area contributed by atoms with E-state index in [0.717, 1.165) is 45.9 Å². The molecule has 6 rings (SSSR count). The topological polar surface area (TPSA) is 110 Å². The Labute approximate surface area is 269 Å². The summed E-state index contributed by atoms with van der Waals surface area (Å²) in [5.41, 5.74) is 7.16. The second kappa shape index (κ2) is 12.9. The van der Waals surface area contributed by atoms with Crippen molar-refractivity contribution in [3.8, 4) is 0 Å². The monoisotopic (exact) mass is 655 g/mol. The second-order valence-corrected chi connectivity index (χ2v) is 14.6. The van der Waals surface area contributed by atoms with Gasteiger partial charge in [0.1, 0.15) is 0 Å². The first-order valence-corrected chi connectivity index (χ1v) is 16.9. The van der Waals surface area contributed by atoms with Crippen LogP contribution in [-0.2, 0) is 4.79 Å². The van der Waals surface area contributed by atoms with Gasteiger partial charge in [-0.25, -0.2) is 9.97 Å². The minimum absolute atomic E-state index is 0.00881. The lowest BCUT2D eigenvalue weighted by Gasteiger charge is -2.12. The predicted octanol–water partition coefficient (Wildman–Crippen LogP) is 9.37. The number of thiazole rings is 2. The van der Waals surface area contributed by atoms with Crippen molar-refractivity contribution in [3.05, 3.63) is 105 Å². The third-order valence-electron chi connectivity index (χ3n) is 6.63. The van der Waals surface area contributed by atoms with E-state index in [1.54, 1.807) is 12.3 Å². The maximum Gasteiger partial charge on any atom is 0.283 e. The van der Waals surface area contributed by atoms with E-state index in [0.29, 0.717) is 16.1 Å². The van der Waals surface area contributed by atoms with Crippen molar-refractivity contribution in [2.45, 2.75) is 34.3 Å². The molecule has 8 nitrogen and oxygen atoms in total. The number of aliphatic imine (C=N–C) groups is 1. The summed E-state index contributed by atoms with van der Waals surface area (Å²) in [5.74, 6) is 0.178. The molecule has 220 valence electrons. The summed E-state index contributed by atoms with van der Waals surface area (Å²) in [6.45, 7) is 6.04. The van der Waals surface area contributed by atoms with Crippen LogP contribution < -0.4 is 5.32 Å². The highest BCUT2D eigenvalue weighted by Gasteiger charge is 2.18. The molecule has 0 aliphatic rings. The van der Waals surface area contributed by atoms with E-state index in [4.69, 9.17) is 0 Å². The molecular formula is C32H25N5O3S4. The van der Waals surface area contributed by atoms with Gasteiger partial charge in [-0.1, -0.05) is 59.4 Å². The number of para-hydroxylation sites is 1. The first-order valence-electron chi connectivity index (χ1n) is 13.5. The average Bonchev–Trinajstić information content (AvgIpc) is 3.60. The molecule has 44 heavy (non-hydrogen) atoms. The highest BCUT2D eigenvalue weighted by molar-refractivity contribution is 8.01. The third-order valence-corrected chi connectivity index (χ3v) is 11.0. The lowest BCUT2D eigenvalue weighted by Crippen LogP contribution is -2.15. The van der Waals surface area contributed by atoms with Crippen molar-refractivity contribution >= 4 is 95.8 Å². The molecule has 2 heterocycles. The van der Waals surface area contributed by atoms with Gasteiger partial charge in [0.05, 0.1) is 41.7 Å². The summed E-state index contributed by atoms with van der Waals surface area (Å²) in [5, 5.41) is 14.9. The Hall–Kier alpha value is -4.10. The number of carbonyl (C=O) groups excluding carboxylic acids is 1. The SMILES string of the molecule is Cc1cc(C)c(NC(=O)CSc2nc3ccc(N=Cc4ccc(Sc5nc6ccccc6s5)c([N+](=O)[O-])c4)cc3s2)c(C)c1. The summed E-state index contributed by atoms with van der Waals surface area (Å²) < 4.78 is 3.54. The Morgan fingerprint density at radius 3 is 2.43 bits per heavy atom. The van der Waals surface area contributed by atoms with Crippen LogP contribution in [0.5, 0.6) is 0 Å². The van der Waals surface area contributed by atoms with Gasteiger partial charge in [0.2, 0.25) is 5.91 Å². The lowest BCUT2D eigenvalue weighted by atomic mass is 10.1. The minimum atomic E-state index is -0.376. The molecular weight excluding hydrogens is 631 g/mol. The summed E-state index contributed by atoms with van der Waals surface area (Å²) in [4.78, 5) is 38.5. The summed E-state index contributed by atoms with van der Waals surface area (Å²) in [7, 11) is 0. The Morgan fingerprint density at radius 1 is 0.932 bits per heavy atom. The molecule has 0 saturated heterocycles. The molecule has 4 aromatic carbocycles. The van der Waals surface area contributed by atoms with Crippen LogP contribution in [0.4, 0.5) is 17.1 Å². The van der Waals surface area contributed by atoms with Gasteiger partial charge in [-0.05, 0) is 73.9 Å². The van der Waals surface area contributed by atoms with Crippen LogP contribution in [-0.4, -0.2) is 32.8 Å². The fourth-order valence-electron chi connectivity index (χ4n) is 4.70. The van der Waals surface area contributed by atoms with Gasteiger partial charge in [0, 0.05) is 18.0 Å². The number of nitrogens with zero attached hydrogens (tertiary/aromatic N) is 4. The van der Waals surface area contributed by atoms with Crippen molar-refractivity contribution in [2.75, 3.05) is 11.1 Å². The van der Waals surface area contributed by atoms with Gasteiger partial charge >= 0.3 is 0 Å². The lowest BCUT2D eigenvalue weighted by molar-refractivity contribution is -0.387. The van der Waals surface area contributed by atoms with E-state index in [9.17, 15) is 14.9 Å². The molecule has 1 amide bonds. The van der Waals surface area contributed by atoms with E-state index >= 15 is 0 Å². The number of hydrogen-bond acceptors (Lipinski definition) is 10. The average molecular weight is 656 g/mol. The maximum atomic E-state index is 12.7. The molecule has 0 fully saturated rings. The smallest absolute Gasteiger partial charge is 0.283 e. The van der Waals surface area contributed by atoms with Crippen LogP contribution in [0.1, 0.15) is 22.3 Å². The molecule has 0 spiro atoms. The Balaban J connectivity index is 1.12. The number of thioether (sulfide) groups is 1. The highest BCUT2D eigenvalue weighted by atomic mass is 32.2. The Kier molecular flexibility index (Phi) is 8.76. The number of anilines is 1. The quantitative estimate of drug-likeness (QED) is 0.0715. The molecule has 0 aliphatic heterocycles. The van der Waals surface area contributed by atoms with Crippen LogP contribution in [0, 0.1) is 30.9 Å². The van der Waals surface area contributed by atoms with Crippen LogP contribution in [0.2, 0.25) is 0 Å². The summed E-state index contributed by atoms with van der Waals surface area (Å²) >= 11 is 5.70. The van der Waals surface area contributed by atoms with E-state index < -0.39 is 0 Å². The van der Waals surface area contributed by atoms with Gasteiger partial charge in [-0.2, -0.15) is 0 Å². The number of aromatic nitrogens is 2. The van der Waals surface area contributed by atoms with Crippen LogP contribution in [0.3, 0.4) is 0 Å². The molecule has 12 heteroatoms. The molecule has 0 saturated carbocycles. The summed E-state index contributed by atoms with van der Waals surface area (Å²) in [6.07, 6.45) is 1.62. The number of nitro benzene ring substituents is 1. The third kappa shape index (κ3) is 6.83. The van der Waals surface area contributed by atoms with Crippen molar-refractivity contribution in [1.82, 2.24) is 9.97 Å². The molecule has 1 N–H and O–H groups in total. The first-order chi connectivity index (χ1) is 21.2. The van der Waals surface area contributed by atoms with Gasteiger partial charge < -0.3 is 5.32 Å². The molecule has 0 atom stereocenters. The zero-order chi connectivity index (χ0) is 30.8. The highest BCUT2D eigenvalue weighted by Crippen LogP contribution is 2.39. The van der Waals surface area contributed by atoms with E-state index in [2.05, 4.69) is 32.4 Å². The van der Waals surface area contributed by atoms with Crippen molar-refractivity contribution in [1.29, 1.82) is 0 Å². The molecule has 0 unspecified atom stereocenters. The summed E-state index contributed by atoms with van der Waals surface area (Å²) in [6, 6.07) is 22.7. The zero-order valence-electron chi connectivity index (χ0n) is 23.9. The zero-order valence-corrected chi connectivity index (χ0v) is 27.1. The number of carbonyl (C=O) groups is 1. The number of nitro groups is 1. The number of rotatable bonds is 9. The first kappa shape index (κ1) is 29.9. The molecule has 6 aromatic rings. The minimum Gasteiger partial charge on any atom is -0.325 e. The largest absolute Gasteiger partial charge is 0.325 e. The van der Waals surface area contributed by atoms with Crippen molar-refractivity contribution < 1.29 is 9.72 Å². The fourth-order valence-corrected chi connectivity index (χ4v) is 8.71. The predicted molar refractivity (Wildman–Crippen MR) is 184 cm³/mol. The van der Waals surface area contributed by atoms with E-state index in [1.165, 1.54) is 57.8 Å². The van der Waals surface area contributed by atoms with Crippen molar-refractivity contribution in [2.24, 2.45) is 4.99 Å². The van der Waals surface area contributed by atoms with Gasteiger partial charge in [-0.3, -0.25) is 19.9 Å². The van der Waals surface area contributed by atoms with Crippen LogP contribution in [0.15, 0.2) is 91.4 Å². The van der Waals surface area contributed by atoms with Gasteiger partial charge in [-0.15, -0.1) is 22.7 Å². The van der Waals surface area contributed by atoms with Gasteiger partial charge in [0.25, 0.3) is 5.69 Å². The second-order valence-electron chi connectivity index (χ2n) is 10.0. The van der Waals surface area contributed by atoms with E-state index in [-0.39, 0.29) is 22.3 Å². The Morgan fingerprint density at radius 2 is 1.66 bits per heavy atom. The fraction of sp³-hybridized carbons (Fsp3) is 0.125. The molecule has 2 aromatic heterocycles. The molecule has 0 bridgehead atoms. The number of fused-ring (bicyclic) bond motifs is 2. The maximum absolute atomic E-state index is 12.7. The number of hydrogen-bond donors (Lipinski definition) is 1. The molecule has 0 aliphatic carbocycles. The number of benzene rings is 4. The Bertz CT molecular complexity index is 2030. The van der Waals surface area contributed by atoms with E-state index in [1.807, 2.05) is 69.3 Å². The number of aryl methyl sites for hydroxylation is 3. The number of amides is 1. The van der Waals surface area contributed by atoms with Crippen LogP contribution >= 0.6 is 46.2 Å².